The Labute approximate surface area is 211 Å². The lowest BCUT2D eigenvalue weighted by Crippen LogP contribution is -2.49. The van der Waals surface area contributed by atoms with Crippen LogP contribution in [0.1, 0.15) is 24.5 Å². The molecule has 0 aromatic heterocycles. The van der Waals surface area contributed by atoms with Gasteiger partial charge >= 0.3 is 0 Å². The second kappa shape index (κ2) is 12.2. The molecule has 0 spiro atoms. The van der Waals surface area contributed by atoms with Gasteiger partial charge in [-0.25, -0.2) is 9.38 Å². The number of nitrogens with one attached hydrogen (secondary N) is 1. The summed E-state index contributed by atoms with van der Waals surface area (Å²) in [6, 6.07) is 16.4. The van der Waals surface area contributed by atoms with Crippen LogP contribution in [0.2, 0.25) is 0 Å². The second-order valence-corrected chi connectivity index (χ2v) is 9.86. The number of thioether (sulfide) groups is 1. The Hall–Kier alpha value is -2.84. The molecule has 0 bridgehead atoms. The number of guanidine groups is 1. The van der Waals surface area contributed by atoms with Gasteiger partial charge in [-0.15, -0.1) is 0 Å². The van der Waals surface area contributed by atoms with Gasteiger partial charge in [0.25, 0.3) is 5.91 Å². The molecular weight excluding hydrogens is 463 g/mol. The molecule has 2 heterocycles. The first-order valence-electron chi connectivity index (χ1n) is 12.1. The maximum absolute atomic E-state index is 15.0. The largest absolute Gasteiger partial charge is 0.383 e. The topological polar surface area (TPSA) is 57.2 Å². The molecule has 2 aliphatic rings. The number of aliphatic imine (C=N–C) groups is 1. The number of benzene rings is 2. The second-order valence-electron chi connectivity index (χ2n) is 8.63. The SMILES string of the molecule is CCC(COC)N(Cc1ccccc1)C(=O)C1=C(c2ccccc2F)NC(N2CCSCC2)=NC1. The van der Waals surface area contributed by atoms with Crippen molar-refractivity contribution in [3.05, 3.63) is 77.1 Å². The van der Waals surface area contributed by atoms with Gasteiger partial charge in [0.15, 0.2) is 5.96 Å². The summed E-state index contributed by atoms with van der Waals surface area (Å²) in [5, 5.41) is 3.35. The summed E-state index contributed by atoms with van der Waals surface area (Å²) in [5.74, 6) is 2.23. The first-order valence-corrected chi connectivity index (χ1v) is 13.2. The van der Waals surface area contributed by atoms with E-state index in [1.165, 1.54) is 6.07 Å². The standard InChI is InChI=1S/C27H33FN4O2S/c1-3-21(19-34-2)32(18-20-9-5-4-6-10-20)26(33)23-17-29-27(31-13-15-35-16-14-31)30-25(23)22-11-7-8-12-24(22)28/h4-12,21H,3,13-19H2,1-2H3,(H,29,30). The minimum Gasteiger partial charge on any atom is -0.383 e. The number of carbonyl (C=O) groups excluding carboxylic acids is 1. The summed E-state index contributed by atoms with van der Waals surface area (Å²) in [5.41, 5.74) is 2.38. The number of nitrogens with zero attached hydrogens (tertiary/aromatic N) is 3. The first-order chi connectivity index (χ1) is 17.1. The van der Waals surface area contributed by atoms with Gasteiger partial charge < -0.3 is 19.9 Å². The van der Waals surface area contributed by atoms with Crippen LogP contribution in [0.4, 0.5) is 4.39 Å². The Kier molecular flexibility index (Phi) is 8.82. The van der Waals surface area contributed by atoms with Crippen LogP contribution in [0.25, 0.3) is 5.70 Å². The molecule has 0 radical (unpaired) electrons. The molecule has 1 saturated heterocycles. The predicted octanol–water partition coefficient (Wildman–Crippen LogP) is 4.00. The Balaban J connectivity index is 1.72. The zero-order chi connectivity index (χ0) is 24.6. The number of carbonyl (C=O) groups is 1. The monoisotopic (exact) mass is 496 g/mol. The van der Waals surface area contributed by atoms with Crippen molar-refractivity contribution in [1.82, 2.24) is 15.1 Å². The molecule has 1 unspecified atom stereocenters. The smallest absolute Gasteiger partial charge is 0.254 e. The highest BCUT2D eigenvalue weighted by molar-refractivity contribution is 7.99. The Bertz CT molecular complexity index is 1070. The molecule has 1 amide bonds. The van der Waals surface area contributed by atoms with Crippen LogP contribution >= 0.6 is 11.8 Å². The summed E-state index contributed by atoms with van der Waals surface area (Å²) >= 11 is 1.91. The van der Waals surface area contributed by atoms with Crippen LogP contribution in [0.5, 0.6) is 0 Å². The van der Waals surface area contributed by atoms with Gasteiger partial charge in [0.1, 0.15) is 5.82 Å². The number of methoxy groups -OCH3 is 1. The fraction of sp³-hybridized carbons (Fsp3) is 0.407. The number of ether oxygens (including phenoxy) is 1. The van der Waals surface area contributed by atoms with Gasteiger partial charge in [-0.2, -0.15) is 11.8 Å². The van der Waals surface area contributed by atoms with Gasteiger partial charge in [0.05, 0.1) is 30.5 Å². The Morgan fingerprint density at radius 1 is 1.17 bits per heavy atom. The normalized spacial score (nSPS) is 17.0. The van der Waals surface area contributed by atoms with E-state index in [1.54, 1.807) is 25.3 Å². The quantitative estimate of drug-likeness (QED) is 0.599. The van der Waals surface area contributed by atoms with Crippen molar-refractivity contribution in [2.75, 3.05) is 44.9 Å². The summed E-state index contributed by atoms with van der Waals surface area (Å²) in [6.45, 7) is 4.85. The fourth-order valence-corrected chi connectivity index (χ4v) is 5.33. The van der Waals surface area contributed by atoms with Crippen LogP contribution in [-0.2, 0) is 16.1 Å². The molecule has 0 aliphatic carbocycles. The van der Waals surface area contributed by atoms with Crippen molar-refractivity contribution >= 4 is 29.3 Å². The molecule has 2 aromatic carbocycles. The van der Waals surface area contributed by atoms with Crippen molar-refractivity contribution in [3.63, 3.8) is 0 Å². The van der Waals surface area contributed by atoms with E-state index in [1.807, 2.05) is 53.9 Å². The maximum Gasteiger partial charge on any atom is 0.254 e. The molecule has 2 aromatic rings. The molecule has 4 rings (SSSR count). The van der Waals surface area contributed by atoms with Gasteiger partial charge in [0.2, 0.25) is 0 Å². The molecule has 1 N–H and O–H groups in total. The highest BCUT2D eigenvalue weighted by atomic mass is 32.2. The summed E-state index contributed by atoms with van der Waals surface area (Å²) < 4.78 is 20.5. The Morgan fingerprint density at radius 2 is 1.89 bits per heavy atom. The van der Waals surface area contributed by atoms with Gasteiger partial charge in [0, 0.05) is 43.8 Å². The highest BCUT2D eigenvalue weighted by Gasteiger charge is 2.32. The Morgan fingerprint density at radius 3 is 2.57 bits per heavy atom. The predicted molar refractivity (Wildman–Crippen MR) is 141 cm³/mol. The van der Waals surface area contributed by atoms with Crippen LogP contribution in [0.15, 0.2) is 65.2 Å². The molecule has 0 saturated carbocycles. The van der Waals surface area contributed by atoms with E-state index in [4.69, 9.17) is 9.73 Å². The number of rotatable bonds is 8. The number of amides is 1. The van der Waals surface area contributed by atoms with E-state index in [-0.39, 0.29) is 24.3 Å². The molecule has 2 aliphatic heterocycles. The molecule has 6 nitrogen and oxygen atoms in total. The molecule has 35 heavy (non-hydrogen) atoms. The minimum atomic E-state index is -0.366. The van der Waals surface area contributed by atoms with Crippen molar-refractivity contribution in [2.45, 2.75) is 25.9 Å². The van der Waals surface area contributed by atoms with Gasteiger partial charge in [-0.3, -0.25) is 4.79 Å². The zero-order valence-corrected chi connectivity index (χ0v) is 21.2. The lowest BCUT2D eigenvalue weighted by molar-refractivity contribution is -0.131. The number of hydrogen-bond acceptors (Lipinski definition) is 6. The fourth-order valence-electron chi connectivity index (χ4n) is 4.42. The van der Waals surface area contributed by atoms with Crippen LogP contribution in [0, 0.1) is 5.82 Å². The van der Waals surface area contributed by atoms with E-state index < -0.39 is 0 Å². The molecule has 186 valence electrons. The highest BCUT2D eigenvalue weighted by Crippen LogP contribution is 2.26. The number of hydrogen-bond donors (Lipinski definition) is 1. The molecule has 1 atom stereocenters. The molecule has 8 heteroatoms. The lowest BCUT2D eigenvalue weighted by Gasteiger charge is -2.35. The van der Waals surface area contributed by atoms with Crippen molar-refractivity contribution in [3.8, 4) is 0 Å². The molecule has 1 fully saturated rings. The number of halogens is 1. The average molecular weight is 497 g/mol. The molecular formula is C27H33FN4O2S. The summed E-state index contributed by atoms with van der Waals surface area (Å²) in [6.07, 6.45) is 0.738. The summed E-state index contributed by atoms with van der Waals surface area (Å²) in [4.78, 5) is 22.9. The van der Waals surface area contributed by atoms with Crippen molar-refractivity contribution < 1.29 is 13.9 Å². The summed E-state index contributed by atoms with van der Waals surface area (Å²) in [7, 11) is 1.65. The van der Waals surface area contributed by atoms with Crippen molar-refractivity contribution in [2.24, 2.45) is 4.99 Å². The van der Waals surface area contributed by atoms with E-state index in [0.29, 0.717) is 35.9 Å². The van der Waals surface area contributed by atoms with E-state index in [2.05, 4.69) is 10.2 Å². The lowest BCUT2D eigenvalue weighted by atomic mass is 10.0. The zero-order valence-electron chi connectivity index (χ0n) is 20.4. The average Bonchev–Trinajstić information content (AvgIpc) is 2.91. The maximum atomic E-state index is 15.0. The third kappa shape index (κ3) is 6.05. The van der Waals surface area contributed by atoms with Crippen LogP contribution in [0.3, 0.4) is 0 Å². The van der Waals surface area contributed by atoms with E-state index >= 15 is 0 Å². The van der Waals surface area contributed by atoms with E-state index in [9.17, 15) is 9.18 Å². The third-order valence-corrected chi connectivity index (χ3v) is 7.31. The van der Waals surface area contributed by atoms with Crippen molar-refractivity contribution in [1.29, 1.82) is 0 Å². The van der Waals surface area contributed by atoms with E-state index in [0.717, 1.165) is 36.6 Å². The first kappa shape index (κ1) is 25.3. The van der Waals surface area contributed by atoms with Gasteiger partial charge in [-0.1, -0.05) is 49.4 Å². The minimum absolute atomic E-state index is 0.119. The van der Waals surface area contributed by atoms with Crippen LogP contribution in [-0.4, -0.2) is 72.6 Å². The van der Waals surface area contributed by atoms with Gasteiger partial charge in [-0.05, 0) is 24.1 Å². The third-order valence-electron chi connectivity index (χ3n) is 6.37. The van der Waals surface area contributed by atoms with Crippen LogP contribution < -0.4 is 5.32 Å².